The van der Waals surface area contributed by atoms with E-state index < -0.39 is 0 Å². The fourth-order valence-electron chi connectivity index (χ4n) is 3.55. The van der Waals surface area contributed by atoms with Gasteiger partial charge >= 0.3 is 0 Å². The van der Waals surface area contributed by atoms with Crippen LogP contribution in [0.5, 0.6) is 5.75 Å². The van der Waals surface area contributed by atoms with Crippen LogP contribution >= 0.6 is 0 Å². The highest BCUT2D eigenvalue weighted by Crippen LogP contribution is 2.34. The predicted octanol–water partition coefficient (Wildman–Crippen LogP) is 3.87. The maximum absolute atomic E-state index is 12.9. The third kappa shape index (κ3) is 3.82. The van der Waals surface area contributed by atoms with Gasteiger partial charge < -0.3 is 15.0 Å². The molecule has 1 fully saturated rings. The lowest BCUT2D eigenvalue weighted by Gasteiger charge is -2.20. The van der Waals surface area contributed by atoms with E-state index in [0.717, 1.165) is 34.5 Å². The summed E-state index contributed by atoms with van der Waals surface area (Å²) in [7, 11) is 1.59. The highest BCUT2D eigenvalue weighted by atomic mass is 16.5. The molecule has 0 aromatic heterocycles. The molecule has 0 saturated carbocycles. The number of para-hydroxylation sites is 1. The number of carbonyl (C=O) groups excluding carboxylic acids is 2. The third-order valence-corrected chi connectivity index (χ3v) is 5.11. The fraction of sp³-hybridized carbons (Fsp3) is 0.364. The Kier molecular flexibility index (Phi) is 5.49. The lowest BCUT2D eigenvalue weighted by atomic mass is 10.0. The summed E-state index contributed by atoms with van der Waals surface area (Å²) in [4.78, 5) is 27.1. The van der Waals surface area contributed by atoms with Crippen LogP contribution in [0.2, 0.25) is 0 Å². The lowest BCUT2D eigenvalue weighted by Crippen LogP contribution is -2.28. The lowest BCUT2D eigenvalue weighted by molar-refractivity contribution is -0.122. The van der Waals surface area contributed by atoms with Crippen LogP contribution in [0.4, 0.5) is 11.4 Å². The smallest absolute Gasteiger partial charge is 0.229 e. The molecule has 0 unspecified atom stereocenters. The van der Waals surface area contributed by atoms with E-state index in [9.17, 15) is 9.59 Å². The predicted molar refractivity (Wildman–Crippen MR) is 107 cm³/mol. The standard InChI is InChI=1S/C22H26N2O3/c1-5-16-8-6-7-15(3)21(16)23-22(26)17-12-20(25)24(13-17)18-11-14(2)9-10-19(18)27-4/h6-11,17H,5,12-13H2,1-4H3,(H,23,26)/t17-/m1/s1. The van der Waals surface area contributed by atoms with E-state index in [1.165, 1.54) is 0 Å². The van der Waals surface area contributed by atoms with E-state index in [2.05, 4.69) is 12.2 Å². The van der Waals surface area contributed by atoms with Crippen molar-refractivity contribution < 1.29 is 14.3 Å². The van der Waals surface area contributed by atoms with Gasteiger partial charge in [-0.25, -0.2) is 0 Å². The van der Waals surface area contributed by atoms with Gasteiger partial charge in [0.05, 0.1) is 18.7 Å². The number of hydrogen-bond donors (Lipinski definition) is 1. The minimum Gasteiger partial charge on any atom is -0.495 e. The summed E-state index contributed by atoms with van der Waals surface area (Å²) in [6, 6.07) is 11.7. The monoisotopic (exact) mass is 366 g/mol. The van der Waals surface area contributed by atoms with Crippen molar-refractivity contribution in [2.75, 3.05) is 23.9 Å². The number of ether oxygens (including phenoxy) is 1. The molecular weight excluding hydrogens is 340 g/mol. The number of carbonyl (C=O) groups is 2. The molecule has 5 nitrogen and oxygen atoms in total. The normalized spacial score (nSPS) is 16.5. The molecule has 1 saturated heterocycles. The Bertz CT molecular complexity index is 876. The van der Waals surface area contributed by atoms with Gasteiger partial charge in [0.15, 0.2) is 0 Å². The molecule has 1 aliphatic heterocycles. The molecule has 0 radical (unpaired) electrons. The number of hydrogen-bond acceptors (Lipinski definition) is 3. The fourth-order valence-corrected chi connectivity index (χ4v) is 3.55. The van der Waals surface area contributed by atoms with Gasteiger partial charge in [0, 0.05) is 18.7 Å². The Morgan fingerprint density at radius 3 is 2.74 bits per heavy atom. The van der Waals surface area contributed by atoms with Gasteiger partial charge in [-0.3, -0.25) is 9.59 Å². The third-order valence-electron chi connectivity index (χ3n) is 5.11. The summed E-state index contributed by atoms with van der Waals surface area (Å²) in [6.07, 6.45) is 1.05. The van der Waals surface area contributed by atoms with Crippen molar-refractivity contribution in [1.82, 2.24) is 0 Å². The van der Waals surface area contributed by atoms with Crippen LogP contribution in [0.15, 0.2) is 36.4 Å². The van der Waals surface area contributed by atoms with Crippen LogP contribution in [0.25, 0.3) is 0 Å². The summed E-state index contributed by atoms with van der Waals surface area (Å²) in [5.74, 6) is 0.0928. The number of nitrogens with one attached hydrogen (secondary N) is 1. The molecule has 0 spiro atoms. The van der Waals surface area contributed by atoms with E-state index in [1.54, 1.807) is 12.0 Å². The van der Waals surface area contributed by atoms with Crippen molar-refractivity contribution in [3.05, 3.63) is 53.1 Å². The molecule has 0 aliphatic carbocycles. The highest BCUT2D eigenvalue weighted by molar-refractivity contribution is 6.04. The summed E-state index contributed by atoms with van der Waals surface area (Å²) in [6.45, 7) is 6.38. The number of aryl methyl sites for hydroxylation is 3. The van der Waals surface area contributed by atoms with Crippen molar-refractivity contribution in [1.29, 1.82) is 0 Å². The molecule has 1 N–H and O–H groups in total. The Morgan fingerprint density at radius 2 is 2.04 bits per heavy atom. The summed E-state index contributed by atoms with van der Waals surface area (Å²) >= 11 is 0. The van der Waals surface area contributed by atoms with Gasteiger partial charge in [0.1, 0.15) is 5.75 Å². The average Bonchev–Trinajstić information content (AvgIpc) is 3.05. The van der Waals surface area contributed by atoms with Crippen molar-refractivity contribution in [3.8, 4) is 5.75 Å². The molecular formula is C22H26N2O3. The second-order valence-corrected chi connectivity index (χ2v) is 7.03. The molecule has 3 rings (SSSR count). The van der Waals surface area contributed by atoms with Crippen molar-refractivity contribution in [2.24, 2.45) is 5.92 Å². The largest absolute Gasteiger partial charge is 0.495 e. The van der Waals surface area contributed by atoms with Crippen LogP contribution < -0.4 is 15.0 Å². The molecule has 2 aromatic carbocycles. The van der Waals surface area contributed by atoms with Gasteiger partial charge in [-0.2, -0.15) is 0 Å². The molecule has 142 valence electrons. The van der Waals surface area contributed by atoms with E-state index in [-0.39, 0.29) is 24.2 Å². The van der Waals surface area contributed by atoms with Crippen molar-refractivity contribution >= 4 is 23.2 Å². The number of amides is 2. The average molecular weight is 366 g/mol. The van der Waals surface area contributed by atoms with Gasteiger partial charge in [-0.15, -0.1) is 0 Å². The first kappa shape index (κ1) is 19.0. The summed E-state index contributed by atoms with van der Waals surface area (Å²) in [5.41, 5.74) is 4.76. The van der Waals surface area contributed by atoms with Gasteiger partial charge in [0.25, 0.3) is 0 Å². The minimum absolute atomic E-state index is 0.0560. The first-order valence-electron chi connectivity index (χ1n) is 9.29. The molecule has 1 heterocycles. The Morgan fingerprint density at radius 1 is 1.26 bits per heavy atom. The van der Waals surface area contributed by atoms with E-state index >= 15 is 0 Å². The van der Waals surface area contributed by atoms with E-state index in [4.69, 9.17) is 4.74 Å². The SMILES string of the molecule is CCc1cccc(C)c1NC(=O)[C@@H]1CC(=O)N(c2cc(C)ccc2OC)C1. The number of methoxy groups -OCH3 is 1. The van der Waals surface area contributed by atoms with Crippen LogP contribution in [0.1, 0.15) is 30.0 Å². The van der Waals surface area contributed by atoms with Gasteiger partial charge in [-0.05, 0) is 49.1 Å². The molecule has 1 aliphatic rings. The molecule has 1 atom stereocenters. The Balaban J connectivity index is 1.80. The second-order valence-electron chi connectivity index (χ2n) is 7.03. The van der Waals surface area contributed by atoms with Crippen LogP contribution in [0, 0.1) is 19.8 Å². The molecule has 5 heteroatoms. The number of nitrogens with zero attached hydrogens (tertiary/aromatic N) is 1. The first-order chi connectivity index (χ1) is 12.9. The number of benzene rings is 2. The van der Waals surface area contributed by atoms with Crippen molar-refractivity contribution in [3.63, 3.8) is 0 Å². The number of anilines is 2. The van der Waals surface area contributed by atoms with Crippen LogP contribution in [-0.2, 0) is 16.0 Å². The van der Waals surface area contributed by atoms with Crippen LogP contribution in [-0.4, -0.2) is 25.5 Å². The Labute approximate surface area is 160 Å². The molecule has 2 amide bonds. The van der Waals surface area contributed by atoms with E-state index in [0.29, 0.717) is 12.3 Å². The second kappa shape index (κ2) is 7.82. The maximum Gasteiger partial charge on any atom is 0.229 e. The quantitative estimate of drug-likeness (QED) is 0.874. The molecule has 27 heavy (non-hydrogen) atoms. The zero-order valence-electron chi connectivity index (χ0n) is 16.3. The van der Waals surface area contributed by atoms with Crippen LogP contribution in [0.3, 0.4) is 0 Å². The first-order valence-corrected chi connectivity index (χ1v) is 9.29. The topological polar surface area (TPSA) is 58.6 Å². The Hall–Kier alpha value is -2.82. The maximum atomic E-state index is 12.9. The van der Waals surface area contributed by atoms with E-state index in [1.807, 2.05) is 50.2 Å². The van der Waals surface area contributed by atoms with Crippen molar-refractivity contribution in [2.45, 2.75) is 33.6 Å². The zero-order chi connectivity index (χ0) is 19.6. The molecule has 0 bridgehead atoms. The van der Waals surface area contributed by atoms with Gasteiger partial charge in [0.2, 0.25) is 11.8 Å². The zero-order valence-corrected chi connectivity index (χ0v) is 16.3. The highest BCUT2D eigenvalue weighted by Gasteiger charge is 2.36. The summed E-state index contributed by atoms with van der Waals surface area (Å²) in [5, 5.41) is 3.06. The minimum atomic E-state index is -0.382. The molecule has 2 aromatic rings. The summed E-state index contributed by atoms with van der Waals surface area (Å²) < 4.78 is 5.40. The number of rotatable bonds is 5. The van der Waals surface area contributed by atoms with Gasteiger partial charge in [-0.1, -0.05) is 31.2 Å².